The van der Waals surface area contributed by atoms with Crippen LogP contribution in [0.1, 0.15) is 31.8 Å². The zero-order chi connectivity index (χ0) is 17.0. The number of nitrogens with zero attached hydrogens (tertiary/aromatic N) is 1. The van der Waals surface area contributed by atoms with Crippen molar-refractivity contribution in [2.45, 2.75) is 6.42 Å². The second kappa shape index (κ2) is 6.96. The molecule has 0 fully saturated rings. The van der Waals surface area contributed by atoms with Gasteiger partial charge in [0.2, 0.25) is 0 Å². The van der Waals surface area contributed by atoms with Crippen LogP contribution < -0.4 is 4.90 Å². The average molecular weight is 313 g/mol. The van der Waals surface area contributed by atoms with Crippen LogP contribution in [0.4, 0.5) is 5.69 Å². The molecule has 2 aromatic carbocycles. The number of anilines is 1. The van der Waals surface area contributed by atoms with Gasteiger partial charge in [0.1, 0.15) is 0 Å². The molecule has 23 heavy (non-hydrogen) atoms. The van der Waals surface area contributed by atoms with Crippen molar-refractivity contribution in [2.75, 3.05) is 26.1 Å². The number of methoxy groups -OCH3 is 1. The maximum atomic E-state index is 11.5. The van der Waals surface area contributed by atoms with E-state index in [4.69, 9.17) is 5.11 Å². The zero-order valence-electron chi connectivity index (χ0n) is 13.4. The Morgan fingerprint density at radius 1 is 1.04 bits per heavy atom. The van der Waals surface area contributed by atoms with Crippen LogP contribution in [0, 0.1) is 0 Å². The van der Waals surface area contributed by atoms with Crippen molar-refractivity contribution in [3.8, 4) is 0 Å². The molecule has 0 aliphatic heterocycles. The van der Waals surface area contributed by atoms with Crippen molar-refractivity contribution in [1.82, 2.24) is 0 Å². The number of carbonyl (C=O) groups is 2. The Morgan fingerprint density at radius 3 is 2.17 bits per heavy atom. The molecule has 0 aromatic heterocycles. The molecule has 2 rings (SSSR count). The SMILES string of the molecule is COC(=O)c1ccc(Cc2cc(C(=O)O)ccc2N(C)C)cc1. The predicted molar refractivity (Wildman–Crippen MR) is 88.3 cm³/mol. The minimum Gasteiger partial charge on any atom is -0.478 e. The third-order valence-corrected chi connectivity index (χ3v) is 3.58. The normalized spacial score (nSPS) is 10.2. The summed E-state index contributed by atoms with van der Waals surface area (Å²) in [6.45, 7) is 0. The van der Waals surface area contributed by atoms with Crippen LogP contribution in [0.2, 0.25) is 0 Å². The first-order valence-electron chi connectivity index (χ1n) is 7.13. The van der Waals surface area contributed by atoms with Gasteiger partial charge in [0.05, 0.1) is 18.2 Å². The van der Waals surface area contributed by atoms with Crippen LogP contribution in [-0.4, -0.2) is 38.3 Å². The first kappa shape index (κ1) is 16.5. The van der Waals surface area contributed by atoms with Gasteiger partial charge in [-0.3, -0.25) is 0 Å². The fourth-order valence-electron chi connectivity index (χ4n) is 2.39. The molecule has 5 heteroatoms. The third kappa shape index (κ3) is 3.88. The van der Waals surface area contributed by atoms with Crippen molar-refractivity contribution in [1.29, 1.82) is 0 Å². The molecule has 0 amide bonds. The molecule has 120 valence electrons. The van der Waals surface area contributed by atoms with Crippen LogP contribution in [-0.2, 0) is 11.2 Å². The summed E-state index contributed by atoms with van der Waals surface area (Å²) in [5.74, 6) is -1.32. The first-order chi connectivity index (χ1) is 10.9. The molecule has 0 saturated heterocycles. The number of carbonyl (C=O) groups excluding carboxylic acids is 1. The van der Waals surface area contributed by atoms with E-state index >= 15 is 0 Å². The number of carboxylic acids is 1. The van der Waals surface area contributed by atoms with Gasteiger partial charge in [0, 0.05) is 19.8 Å². The molecule has 2 aromatic rings. The highest BCUT2D eigenvalue weighted by Gasteiger charge is 2.11. The molecule has 0 radical (unpaired) electrons. The first-order valence-corrected chi connectivity index (χ1v) is 7.13. The molecular formula is C18H19NO4. The Labute approximate surface area is 135 Å². The highest BCUT2D eigenvalue weighted by molar-refractivity contribution is 5.89. The Balaban J connectivity index is 2.32. The number of hydrogen-bond donors (Lipinski definition) is 1. The fraction of sp³-hybridized carbons (Fsp3) is 0.222. The van der Waals surface area contributed by atoms with Crippen molar-refractivity contribution < 1.29 is 19.4 Å². The summed E-state index contributed by atoms with van der Waals surface area (Å²) >= 11 is 0. The smallest absolute Gasteiger partial charge is 0.337 e. The molecule has 0 unspecified atom stereocenters. The van der Waals surface area contributed by atoms with Gasteiger partial charge < -0.3 is 14.7 Å². The number of esters is 1. The van der Waals surface area contributed by atoms with Gasteiger partial charge in [-0.1, -0.05) is 12.1 Å². The number of carboxylic acid groups (broad SMARTS) is 1. The zero-order valence-corrected chi connectivity index (χ0v) is 13.4. The van der Waals surface area contributed by atoms with Crippen molar-refractivity contribution in [2.24, 2.45) is 0 Å². The fourth-order valence-corrected chi connectivity index (χ4v) is 2.39. The Hall–Kier alpha value is -2.82. The molecule has 1 N–H and O–H groups in total. The van der Waals surface area contributed by atoms with Crippen molar-refractivity contribution in [3.63, 3.8) is 0 Å². The van der Waals surface area contributed by atoms with Crippen molar-refractivity contribution in [3.05, 3.63) is 64.7 Å². The van der Waals surface area contributed by atoms with E-state index in [0.29, 0.717) is 12.0 Å². The van der Waals surface area contributed by atoms with E-state index in [0.717, 1.165) is 16.8 Å². The standard InChI is InChI=1S/C18H19NO4/c1-19(2)16-9-8-14(17(20)21)11-15(16)10-12-4-6-13(7-5-12)18(22)23-3/h4-9,11H,10H2,1-3H3,(H,20,21). The van der Waals surface area contributed by atoms with E-state index in [1.165, 1.54) is 7.11 Å². The van der Waals surface area contributed by atoms with E-state index in [9.17, 15) is 9.59 Å². The summed E-state index contributed by atoms with van der Waals surface area (Å²) in [4.78, 5) is 24.6. The monoisotopic (exact) mass is 313 g/mol. The molecule has 0 spiro atoms. The summed E-state index contributed by atoms with van der Waals surface area (Å²) in [5, 5.41) is 9.16. The molecule has 0 aliphatic carbocycles. The van der Waals surface area contributed by atoms with E-state index in [1.807, 2.05) is 37.2 Å². The van der Waals surface area contributed by atoms with Crippen LogP contribution in [0.25, 0.3) is 0 Å². The summed E-state index contributed by atoms with van der Waals surface area (Å²) in [7, 11) is 5.18. The van der Waals surface area contributed by atoms with Crippen LogP contribution in [0.15, 0.2) is 42.5 Å². The van der Waals surface area contributed by atoms with Gasteiger partial charge in [-0.25, -0.2) is 9.59 Å². The predicted octanol–water partition coefficient (Wildman–Crippen LogP) is 2.83. The Morgan fingerprint density at radius 2 is 1.65 bits per heavy atom. The molecular weight excluding hydrogens is 294 g/mol. The minimum atomic E-state index is -0.947. The number of benzene rings is 2. The summed E-state index contributed by atoms with van der Waals surface area (Å²) in [5.41, 5.74) is 3.62. The Kier molecular flexibility index (Phi) is 5.01. The molecule has 0 aliphatic rings. The molecule has 0 bridgehead atoms. The van der Waals surface area contributed by atoms with Gasteiger partial charge in [0.25, 0.3) is 0 Å². The summed E-state index contributed by atoms with van der Waals surface area (Å²) in [6, 6.07) is 12.2. The quantitative estimate of drug-likeness (QED) is 0.860. The second-order valence-electron chi connectivity index (χ2n) is 5.41. The van der Waals surface area contributed by atoms with Gasteiger partial charge >= 0.3 is 11.9 Å². The lowest BCUT2D eigenvalue weighted by atomic mass is 9.99. The third-order valence-electron chi connectivity index (χ3n) is 3.58. The Bertz CT molecular complexity index is 720. The lowest BCUT2D eigenvalue weighted by Crippen LogP contribution is -2.12. The van der Waals surface area contributed by atoms with Gasteiger partial charge in [-0.15, -0.1) is 0 Å². The minimum absolute atomic E-state index is 0.261. The van der Waals surface area contributed by atoms with Crippen LogP contribution in [0.5, 0.6) is 0 Å². The maximum Gasteiger partial charge on any atom is 0.337 e. The number of ether oxygens (including phenoxy) is 1. The molecule has 0 saturated carbocycles. The second-order valence-corrected chi connectivity index (χ2v) is 5.41. The highest BCUT2D eigenvalue weighted by Crippen LogP contribution is 2.23. The summed E-state index contributed by atoms with van der Waals surface area (Å²) < 4.78 is 4.68. The highest BCUT2D eigenvalue weighted by atomic mass is 16.5. The largest absolute Gasteiger partial charge is 0.478 e. The van der Waals surface area contributed by atoms with E-state index < -0.39 is 5.97 Å². The molecule has 0 atom stereocenters. The lowest BCUT2D eigenvalue weighted by Gasteiger charge is -2.18. The maximum absolute atomic E-state index is 11.5. The van der Waals surface area contributed by atoms with E-state index in [1.54, 1.807) is 24.3 Å². The average Bonchev–Trinajstić information content (AvgIpc) is 2.54. The summed E-state index contributed by atoms with van der Waals surface area (Å²) in [6.07, 6.45) is 0.579. The van der Waals surface area contributed by atoms with Crippen LogP contribution >= 0.6 is 0 Å². The molecule has 5 nitrogen and oxygen atoms in total. The van der Waals surface area contributed by atoms with Gasteiger partial charge in [-0.2, -0.15) is 0 Å². The van der Waals surface area contributed by atoms with Gasteiger partial charge in [0.15, 0.2) is 0 Å². The van der Waals surface area contributed by atoms with E-state index in [2.05, 4.69) is 4.74 Å². The number of rotatable bonds is 5. The van der Waals surface area contributed by atoms with Crippen molar-refractivity contribution >= 4 is 17.6 Å². The number of aromatic carboxylic acids is 1. The topological polar surface area (TPSA) is 66.8 Å². The lowest BCUT2D eigenvalue weighted by molar-refractivity contribution is 0.0599. The molecule has 0 heterocycles. The van der Waals surface area contributed by atoms with Gasteiger partial charge in [-0.05, 0) is 47.9 Å². The number of hydrogen-bond acceptors (Lipinski definition) is 4. The van der Waals surface area contributed by atoms with Crippen LogP contribution in [0.3, 0.4) is 0 Å². The van der Waals surface area contributed by atoms with E-state index in [-0.39, 0.29) is 11.5 Å².